The van der Waals surface area contributed by atoms with E-state index >= 15 is 0 Å². The summed E-state index contributed by atoms with van der Waals surface area (Å²) in [5, 5.41) is 6.89. The number of ether oxygens (including phenoxy) is 1. The van der Waals surface area contributed by atoms with Gasteiger partial charge in [0.2, 0.25) is 0 Å². The van der Waals surface area contributed by atoms with Crippen LogP contribution in [0.4, 0.5) is 0 Å². The Bertz CT molecular complexity index is 779. The third-order valence-electron chi connectivity index (χ3n) is 4.39. The lowest BCUT2D eigenvalue weighted by molar-refractivity contribution is -0.127. The van der Waals surface area contributed by atoms with Gasteiger partial charge in [-0.2, -0.15) is 0 Å². The number of carbonyl (C=O) groups is 1. The molecule has 0 saturated heterocycles. The van der Waals surface area contributed by atoms with E-state index in [0.717, 1.165) is 30.8 Å². The summed E-state index contributed by atoms with van der Waals surface area (Å²) in [4.78, 5) is 16.8. The lowest BCUT2D eigenvalue weighted by Crippen LogP contribution is -2.36. The second-order valence-corrected chi connectivity index (χ2v) is 6.62. The maximum atomic E-state index is 12.4. The van der Waals surface area contributed by atoms with Crippen LogP contribution in [-0.2, 0) is 24.3 Å². The first kappa shape index (κ1) is 17.7. The molecule has 1 aliphatic rings. The van der Waals surface area contributed by atoms with Crippen molar-refractivity contribution in [3.63, 3.8) is 0 Å². The molecule has 0 saturated carbocycles. The van der Waals surface area contributed by atoms with Crippen molar-refractivity contribution >= 4 is 17.5 Å². The summed E-state index contributed by atoms with van der Waals surface area (Å²) in [6, 6.07) is 7.04. The Morgan fingerprint density at radius 2 is 2.32 bits per heavy atom. The molecule has 5 nitrogen and oxygen atoms in total. The lowest BCUT2D eigenvalue weighted by Gasteiger charge is -2.22. The first-order valence-corrected chi connectivity index (χ1v) is 8.79. The van der Waals surface area contributed by atoms with Crippen LogP contribution in [0, 0.1) is 6.92 Å². The number of halogens is 1. The highest BCUT2D eigenvalue weighted by Crippen LogP contribution is 2.21. The Labute approximate surface area is 152 Å². The summed E-state index contributed by atoms with van der Waals surface area (Å²) in [7, 11) is 0. The van der Waals surface area contributed by atoms with Gasteiger partial charge in [0.05, 0.1) is 0 Å². The Hall–Kier alpha value is -2.11. The standard InChI is InChI=1S/C19H22ClN3O2/c1-12-18(17-6-7-21-9-14(17)10-22-12)11-23-19(24)13(2)25-16-5-3-4-15(20)8-16/h3-5,8,10,13,21H,6-7,9,11H2,1-2H3,(H,23,24)/t13-/m1/s1. The van der Waals surface area contributed by atoms with E-state index in [9.17, 15) is 4.79 Å². The molecule has 1 atom stereocenters. The van der Waals surface area contributed by atoms with Gasteiger partial charge < -0.3 is 15.4 Å². The van der Waals surface area contributed by atoms with Crippen LogP contribution in [0.25, 0.3) is 0 Å². The number of amides is 1. The Balaban J connectivity index is 1.64. The fraction of sp³-hybridized carbons (Fsp3) is 0.368. The lowest BCUT2D eigenvalue weighted by atomic mass is 9.96. The largest absolute Gasteiger partial charge is 0.481 e. The first-order chi connectivity index (χ1) is 12.0. The SMILES string of the molecule is Cc1ncc2c(c1CNC(=O)[C@@H](C)Oc1cccc(Cl)c1)CCNC2. The van der Waals surface area contributed by atoms with E-state index in [4.69, 9.17) is 16.3 Å². The second-order valence-electron chi connectivity index (χ2n) is 6.19. The molecule has 2 N–H and O–H groups in total. The van der Waals surface area contributed by atoms with Crippen LogP contribution in [0.15, 0.2) is 30.5 Å². The molecule has 0 spiro atoms. The third-order valence-corrected chi connectivity index (χ3v) is 4.62. The fourth-order valence-electron chi connectivity index (χ4n) is 2.99. The molecule has 6 heteroatoms. The molecule has 0 unspecified atom stereocenters. The van der Waals surface area contributed by atoms with Crippen LogP contribution in [0.2, 0.25) is 5.02 Å². The van der Waals surface area contributed by atoms with E-state index in [1.165, 1.54) is 11.1 Å². The van der Waals surface area contributed by atoms with E-state index < -0.39 is 6.10 Å². The molecular weight excluding hydrogens is 338 g/mol. The number of carbonyl (C=O) groups excluding carboxylic acids is 1. The number of hydrogen-bond acceptors (Lipinski definition) is 4. The highest BCUT2D eigenvalue weighted by molar-refractivity contribution is 6.30. The van der Waals surface area contributed by atoms with Gasteiger partial charge in [0, 0.05) is 30.0 Å². The Morgan fingerprint density at radius 3 is 3.12 bits per heavy atom. The molecule has 1 aromatic carbocycles. The molecule has 3 rings (SSSR count). The molecule has 1 amide bonds. The minimum Gasteiger partial charge on any atom is -0.481 e. The van der Waals surface area contributed by atoms with Crippen LogP contribution < -0.4 is 15.4 Å². The topological polar surface area (TPSA) is 63.2 Å². The minimum atomic E-state index is -0.604. The van der Waals surface area contributed by atoms with Gasteiger partial charge in [-0.3, -0.25) is 9.78 Å². The van der Waals surface area contributed by atoms with Crippen molar-refractivity contribution in [3.05, 3.63) is 57.9 Å². The molecule has 25 heavy (non-hydrogen) atoms. The number of aromatic nitrogens is 1. The van der Waals surface area contributed by atoms with Gasteiger partial charge in [-0.1, -0.05) is 17.7 Å². The van der Waals surface area contributed by atoms with Crippen LogP contribution in [0.1, 0.15) is 29.3 Å². The predicted molar refractivity (Wildman–Crippen MR) is 97.8 cm³/mol. The third kappa shape index (κ3) is 4.30. The molecular formula is C19H22ClN3O2. The smallest absolute Gasteiger partial charge is 0.261 e. The molecule has 2 aromatic rings. The van der Waals surface area contributed by atoms with Gasteiger partial charge in [-0.05, 0) is 61.7 Å². The molecule has 1 aromatic heterocycles. The fourth-order valence-corrected chi connectivity index (χ4v) is 3.18. The van der Waals surface area contributed by atoms with E-state index in [2.05, 4.69) is 15.6 Å². The van der Waals surface area contributed by atoms with Crippen molar-refractivity contribution in [1.82, 2.24) is 15.6 Å². The number of nitrogens with zero attached hydrogens (tertiary/aromatic N) is 1. The maximum Gasteiger partial charge on any atom is 0.261 e. The molecule has 0 radical (unpaired) electrons. The summed E-state index contributed by atoms with van der Waals surface area (Å²) < 4.78 is 5.67. The van der Waals surface area contributed by atoms with Gasteiger partial charge in [0.15, 0.2) is 6.10 Å². The average molecular weight is 360 g/mol. The molecule has 0 bridgehead atoms. The van der Waals surface area contributed by atoms with E-state index in [-0.39, 0.29) is 5.91 Å². The van der Waals surface area contributed by atoms with E-state index in [1.54, 1.807) is 31.2 Å². The van der Waals surface area contributed by atoms with Gasteiger partial charge in [-0.15, -0.1) is 0 Å². The van der Waals surface area contributed by atoms with Crippen LogP contribution in [0.3, 0.4) is 0 Å². The van der Waals surface area contributed by atoms with Gasteiger partial charge in [0.25, 0.3) is 5.91 Å². The predicted octanol–water partition coefficient (Wildman–Crippen LogP) is 2.77. The van der Waals surface area contributed by atoms with Crippen LogP contribution >= 0.6 is 11.6 Å². The number of pyridine rings is 1. The molecule has 132 valence electrons. The monoisotopic (exact) mass is 359 g/mol. The van der Waals surface area contributed by atoms with Crippen molar-refractivity contribution in [1.29, 1.82) is 0 Å². The molecule has 1 aliphatic heterocycles. The summed E-state index contributed by atoms with van der Waals surface area (Å²) in [5.74, 6) is 0.419. The van der Waals surface area contributed by atoms with Gasteiger partial charge in [-0.25, -0.2) is 0 Å². The summed E-state index contributed by atoms with van der Waals surface area (Å²) >= 11 is 5.94. The van der Waals surface area contributed by atoms with Gasteiger partial charge in [0.1, 0.15) is 5.75 Å². The average Bonchev–Trinajstić information content (AvgIpc) is 2.60. The highest BCUT2D eigenvalue weighted by Gasteiger charge is 2.19. The van der Waals surface area contributed by atoms with Crippen molar-refractivity contribution < 1.29 is 9.53 Å². The number of aryl methyl sites for hydroxylation is 1. The zero-order valence-corrected chi connectivity index (χ0v) is 15.2. The van der Waals surface area contributed by atoms with Crippen LogP contribution in [0.5, 0.6) is 5.75 Å². The second kappa shape index (κ2) is 7.85. The van der Waals surface area contributed by atoms with Crippen molar-refractivity contribution in [3.8, 4) is 5.75 Å². The van der Waals surface area contributed by atoms with Crippen molar-refractivity contribution in [2.75, 3.05) is 6.54 Å². The maximum absolute atomic E-state index is 12.4. The summed E-state index contributed by atoms with van der Waals surface area (Å²) in [6.07, 6.45) is 2.28. The normalized spacial score (nSPS) is 14.5. The number of benzene rings is 1. The number of fused-ring (bicyclic) bond motifs is 1. The van der Waals surface area contributed by atoms with E-state index in [0.29, 0.717) is 17.3 Å². The minimum absolute atomic E-state index is 0.161. The highest BCUT2D eigenvalue weighted by atomic mass is 35.5. The zero-order valence-electron chi connectivity index (χ0n) is 14.4. The molecule has 0 fully saturated rings. The Kier molecular flexibility index (Phi) is 5.56. The van der Waals surface area contributed by atoms with E-state index in [1.807, 2.05) is 13.1 Å². The number of nitrogens with one attached hydrogen (secondary N) is 2. The first-order valence-electron chi connectivity index (χ1n) is 8.41. The van der Waals surface area contributed by atoms with Crippen molar-refractivity contribution in [2.24, 2.45) is 0 Å². The summed E-state index contributed by atoms with van der Waals surface area (Å²) in [6.45, 7) is 5.95. The molecule has 0 aliphatic carbocycles. The number of hydrogen-bond donors (Lipinski definition) is 2. The number of rotatable bonds is 5. The quantitative estimate of drug-likeness (QED) is 0.861. The Morgan fingerprint density at radius 1 is 1.48 bits per heavy atom. The molecule has 2 heterocycles. The summed E-state index contributed by atoms with van der Waals surface area (Å²) in [5.41, 5.74) is 4.59. The van der Waals surface area contributed by atoms with Crippen LogP contribution in [-0.4, -0.2) is 23.5 Å². The zero-order chi connectivity index (χ0) is 17.8. The van der Waals surface area contributed by atoms with Crippen molar-refractivity contribution in [2.45, 2.75) is 39.5 Å². The van der Waals surface area contributed by atoms with Gasteiger partial charge >= 0.3 is 0 Å².